The van der Waals surface area contributed by atoms with E-state index in [1.807, 2.05) is 12.1 Å². The Hall–Kier alpha value is -2.28. The molecular weight excluding hydrogens is 324 g/mol. The number of hydrogen-bond acceptors (Lipinski definition) is 4. The first-order valence-corrected chi connectivity index (χ1v) is 8.60. The van der Waals surface area contributed by atoms with Crippen LogP contribution in [-0.4, -0.2) is 43.5 Å². The van der Waals surface area contributed by atoms with Gasteiger partial charge in [0.15, 0.2) is 0 Å². The van der Waals surface area contributed by atoms with Crippen LogP contribution >= 0.6 is 0 Å². The summed E-state index contributed by atoms with van der Waals surface area (Å²) in [6.07, 6.45) is 3.38. The van der Waals surface area contributed by atoms with Gasteiger partial charge in [-0.2, -0.15) is 0 Å². The number of carboxylic acids is 1. The van der Waals surface area contributed by atoms with E-state index < -0.39 is 5.97 Å². The maximum Gasteiger partial charge on any atom is 0.319 e. The zero-order valence-electron chi connectivity index (χ0n) is 14.5. The summed E-state index contributed by atoms with van der Waals surface area (Å²) in [5.41, 5.74) is 0.654. The molecule has 1 saturated carbocycles. The molecule has 0 bridgehead atoms. The lowest BCUT2D eigenvalue weighted by molar-refractivity contribution is -0.142. The molecule has 0 aromatic heterocycles. The Morgan fingerprint density at radius 2 is 1.96 bits per heavy atom. The largest absolute Gasteiger partial charge is 0.493 e. The van der Waals surface area contributed by atoms with Crippen molar-refractivity contribution in [2.24, 2.45) is 5.92 Å². The fourth-order valence-corrected chi connectivity index (χ4v) is 2.89. The Kier molecular flexibility index (Phi) is 7.53. The van der Waals surface area contributed by atoms with Crippen molar-refractivity contribution >= 4 is 17.7 Å². The van der Waals surface area contributed by atoms with E-state index in [4.69, 9.17) is 14.6 Å². The zero-order chi connectivity index (χ0) is 18.1. The number of methoxy groups -OCH3 is 1. The molecule has 0 atom stereocenters. The quantitative estimate of drug-likeness (QED) is 0.627. The Bertz CT molecular complexity index is 570. The number of hydrogen-bond donors (Lipinski definition) is 3. The lowest BCUT2D eigenvalue weighted by Crippen LogP contribution is -2.40. The average molecular weight is 350 g/mol. The Morgan fingerprint density at radius 1 is 1.20 bits per heavy atom. The molecule has 7 nitrogen and oxygen atoms in total. The molecule has 25 heavy (non-hydrogen) atoms. The van der Waals surface area contributed by atoms with E-state index in [0.717, 1.165) is 6.42 Å². The summed E-state index contributed by atoms with van der Waals surface area (Å²) in [6, 6.07) is 6.96. The molecule has 1 aliphatic carbocycles. The van der Waals surface area contributed by atoms with Gasteiger partial charge in [-0.3, -0.25) is 4.79 Å². The van der Waals surface area contributed by atoms with E-state index in [9.17, 15) is 9.59 Å². The van der Waals surface area contributed by atoms with E-state index >= 15 is 0 Å². The molecule has 0 aliphatic heterocycles. The SMILES string of the molecule is COCCCOc1cccc(NC(=O)NC2CCC(C(=O)O)CC2)c1. The maximum absolute atomic E-state index is 12.1. The van der Waals surface area contributed by atoms with Crippen LogP contribution in [0.2, 0.25) is 0 Å². The highest BCUT2D eigenvalue weighted by Crippen LogP contribution is 2.24. The number of aliphatic carboxylic acids is 1. The van der Waals surface area contributed by atoms with E-state index in [0.29, 0.717) is 50.3 Å². The number of carboxylic acid groups (broad SMARTS) is 1. The molecular formula is C18H26N2O5. The van der Waals surface area contributed by atoms with Gasteiger partial charge >= 0.3 is 12.0 Å². The third-order valence-corrected chi connectivity index (χ3v) is 4.27. The fourth-order valence-electron chi connectivity index (χ4n) is 2.89. The molecule has 0 heterocycles. The van der Waals surface area contributed by atoms with Crippen molar-refractivity contribution in [1.82, 2.24) is 5.32 Å². The molecule has 2 amide bonds. The first kappa shape index (κ1) is 19.1. The van der Waals surface area contributed by atoms with Gasteiger partial charge in [-0.1, -0.05) is 6.07 Å². The van der Waals surface area contributed by atoms with Crippen molar-refractivity contribution in [3.63, 3.8) is 0 Å². The molecule has 1 fully saturated rings. The summed E-state index contributed by atoms with van der Waals surface area (Å²) in [5.74, 6) is -0.339. The number of amides is 2. The summed E-state index contributed by atoms with van der Waals surface area (Å²) in [4.78, 5) is 23.1. The number of nitrogens with one attached hydrogen (secondary N) is 2. The van der Waals surface area contributed by atoms with Gasteiger partial charge in [0.2, 0.25) is 0 Å². The smallest absolute Gasteiger partial charge is 0.319 e. The van der Waals surface area contributed by atoms with Crippen LogP contribution in [0.3, 0.4) is 0 Å². The van der Waals surface area contributed by atoms with Gasteiger partial charge in [-0.25, -0.2) is 4.79 Å². The molecule has 2 rings (SSSR count). The van der Waals surface area contributed by atoms with Crippen molar-refractivity contribution in [2.75, 3.05) is 25.6 Å². The second-order valence-electron chi connectivity index (χ2n) is 6.21. The Morgan fingerprint density at radius 3 is 2.64 bits per heavy atom. The molecule has 0 radical (unpaired) electrons. The summed E-state index contributed by atoms with van der Waals surface area (Å²) >= 11 is 0. The summed E-state index contributed by atoms with van der Waals surface area (Å²) in [6.45, 7) is 1.20. The minimum atomic E-state index is -0.745. The van der Waals surface area contributed by atoms with Crippen LogP contribution in [0, 0.1) is 5.92 Å². The molecule has 138 valence electrons. The molecule has 1 aliphatic rings. The molecule has 1 aromatic rings. The molecule has 7 heteroatoms. The van der Waals surface area contributed by atoms with E-state index in [1.54, 1.807) is 19.2 Å². The van der Waals surface area contributed by atoms with Gasteiger partial charge in [0.1, 0.15) is 5.75 Å². The van der Waals surface area contributed by atoms with Crippen LogP contribution in [0.15, 0.2) is 24.3 Å². The van der Waals surface area contributed by atoms with E-state index in [-0.39, 0.29) is 18.0 Å². The second-order valence-corrected chi connectivity index (χ2v) is 6.21. The van der Waals surface area contributed by atoms with Crippen molar-refractivity contribution in [1.29, 1.82) is 0 Å². The van der Waals surface area contributed by atoms with Gasteiger partial charge < -0.3 is 25.2 Å². The average Bonchev–Trinajstić information content (AvgIpc) is 2.59. The predicted octanol–water partition coefficient (Wildman–Crippen LogP) is 2.87. The number of carbonyl (C=O) groups excluding carboxylic acids is 1. The first-order valence-electron chi connectivity index (χ1n) is 8.60. The van der Waals surface area contributed by atoms with Crippen LogP contribution in [0.4, 0.5) is 10.5 Å². The van der Waals surface area contributed by atoms with E-state index in [2.05, 4.69) is 10.6 Å². The monoisotopic (exact) mass is 350 g/mol. The fraction of sp³-hybridized carbons (Fsp3) is 0.556. The second kappa shape index (κ2) is 9.88. The highest BCUT2D eigenvalue weighted by Gasteiger charge is 2.26. The number of urea groups is 1. The van der Waals surface area contributed by atoms with Crippen molar-refractivity contribution in [3.05, 3.63) is 24.3 Å². The number of carbonyl (C=O) groups is 2. The van der Waals surface area contributed by atoms with Gasteiger partial charge in [-0.15, -0.1) is 0 Å². The minimum absolute atomic E-state index is 0.0177. The first-order chi connectivity index (χ1) is 12.1. The van der Waals surface area contributed by atoms with Crippen LogP contribution in [0.25, 0.3) is 0 Å². The minimum Gasteiger partial charge on any atom is -0.493 e. The third kappa shape index (κ3) is 6.62. The number of benzene rings is 1. The summed E-state index contributed by atoms with van der Waals surface area (Å²) in [5, 5.41) is 14.7. The Labute approximate surface area is 147 Å². The van der Waals surface area contributed by atoms with Gasteiger partial charge in [0.05, 0.1) is 12.5 Å². The van der Waals surface area contributed by atoms with Gasteiger partial charge in [-0.05, 0) is 37.8 Å². The zero-order valence-corrected chi connectivity index (χ0v) is 14.5. The van der Waals surface area contributed by atoms with Gasteiger partial charge in [0.25, 0.3) is 0 Å². The van der Waals surface area contributed by atoms with Crippen LogP contribution in [-0.2, 0) is 9.53 Å². The topological polar surface area (TPSA) is 96.9 Å². The normalized spacial score (nSPS) is 19.9. The lowest BCUT2D eigenvalue weighted by Gasteiger charge is -2.26. The lowest BCUT2D eigenvalue weighted by atomic mass is 9.86. The Balaban J connectivity index is 1.76. The van der Waals surface area contributed by atoms with Crippen LogP contribution in [0.1, 0.15) is 32.1 Å². The van der Waals surface area contributed by atoms with Crippen LogP contribution in [0.5, 0.6) is 5.75 Å². The number of anilines is 1. The molecule has 0 saturated heterocycles. The maximum atomic E-state index is 12.1. The van der Waals surface area contributed by atoms with Gasteiger partial charge in [0, 0.05) is 37.9 Å². The van der Waals surface area contributed by atoms with Crippen molar-refractivity contribution < 1.29 is 24.2 Å². The number of rotatable bonds is 8. The van der Waals surface area contributed by atoms with Crippen LogP contribution < -0.4 is 15.4 Å². The van der Waals surface area contributed by atoms with Crippen molar-refractivity contribution in [2.45, 2.75) is 38.1 Å². The summed E-state index contributed by atoms with van der Waals surface area (Å²) < 4.78 is 10.6. The number of ether oxygens (including phenoxy) is 2. The predicted molar refractivity (Wildman–Crippen MR) is 94.0 cm³/mol. The summed E-state index contributed by atoms with van der Waals surface area (Å²) in [7, 11) is 1.65. The molecule has 0 unspecified atom stereocenters. The molecule has 0 spiro atoms. The van der Waals surface area contributed by atoms with Crippen molar-refractivity contribution in [3.8, 4) is 5.75 Å². The standard InChI is InChI=1S/C18H26N2O5/c1-24-10-3-11-25-16-5-2-4-15(12-16)20-18(23)19-14-8-6-13(7-9-14)17(21)22/h2,4-5,12-14H,3,6-11H2,1H3,(H,21,22)(H2,19,20,23). The highest BCUT2D eigenvalue weighted by atomic mass is 16.5. The van der Waals surface area contributed by atoms with E-state index in [1.165, 1.54) is 0 Å². The molecule has 3 N–H and O–H groups in total. The molecule has 1 aromatic carbocycles. The highest BCUT2D eigenvalue weighted by molar-refractivity contribution is 5.89. The third-order valence-electron chi connectivity index (χ3n) is 4.27.